The van der Waals surface area contributed by atoms with Crippen molar-refractivity contribution in [3.05, 3.63) is 63.6 Å². The first-order valence-electron chi connectivity index (χ1n) is 10.4. The van der Waals surface area contributed by atoms with Crippen molar-refractivity contribution in [1.29, 1.82) is 0 Å². The molecule has 11 heteroatoms. The van der Waals surface area contributed by atoms with Crippen molar-refractivity contribution in [1.82, 2.24) is 9.03 Å². The molecule has 1 aliphatic rings. The van der Waals surface area contributed by atoms with Crippen LogP contribution >= 0.6 is 23.2 Å². The summed E-state index contributed by atoms with van der Waals surface area (Å²) in [4.78, 5) is 24.8. The molecule has 0 aromatic heterocycles. The fourth-order valence-corrected chi connectivity index (χ4v) is 5.54. The summed E-state index contributed by atoms with van der Waals surface area (Å²) in [5.74, 6) is -1.14. The molecule has 2 aromatic carbocycles. The van der Waals surface area contributed by atoms with Crippen LogP contribution in [0.5, 0.6) is 0 Å². The Balaban J connectivity index is 1.69. The number of nitrogens with one attached hydrogen (secondary N) is 2. The van der Waals surface area contributed by atoms with E-state index < -0.39 is 28.1 Å². The molecule has 1 saturated heterocycles. The average Bonchev–Trinajstić information content (AvgIpc) is 2.79. The van der Waals surface area contributed by atoms with Crippen LogP contribution in [0.2, 0.25) is 10.0 Å². The lowest BCUT2D eigenvalue weighted by molar-refractivity contribution is -0.142. The molecule has 8 nitrogen and oxygen atoms in total. The molecule has 0 unspecified atom stereocenters. The van der Waals surface area contributed by atoms with Crippen LogP contribution < -0.4 is 10.0 Å². The molecule has 178 valence electrons. The van der Waals surface area contributed by atoms with Crippen LogP contribution in [0.1, 0.15) is 35.2 Å². The maximum Gasteiger partial charge on any atom is 0.324 e. The van der Waals surface area contributed by atoms with Gasteiger partial charge in [0, 0.05) is 18.8 Å². The van der Waals surface area contributed by atoms with Crippen LogP contribution in [0.15, 0.2) is 42.5 Å². The number of halogens is 2. The van der Waals surface area contributed by atoms with Crippen LogP contribution in [-0.2, 0) is 26.2 Å². The first kappa shape index (κ1) is 25.5. The molecule has 1 fully saturated rings. The number of hydrogen-bond donors (Lipinski definition) is 2. The second kappa shape index (κ2) is 11.3. The highest BCUT2D eigenvalue weighted by Gasteiger charge is 2.30. The van der Waals surface area contributed by atoms with Crippen molar-refractivity contribution in [3.8, 4) is 0 Å². The third-order valence-corrected chi connectivity index (χ3v) is 7.53. The Hall–Kier alpha value is -2.17. The fourth-order valence-electron chi connectivity index (χ4n) is 3.54. The highest BCUT2D eigenvalue weighted by molar-refractivity contribution is 7.87. The number of esters is 1. The first-order valence-corrected chi connectivity index (χ1v) is 12.6. The number of piperidine rings is 1. The fraction of sp³-hybridized carbons (Fsp3) is 0.364. The summed E-state index contributed by atoms with van der Waals surface area (Å²) >= 11 is 12.2. The number of methoxy groups -OCH3 is 1. The molecule has 1 aliphatic heterocycles. The van der Waals surface area contributed by atoms with Crippen molar-refractivity contribution in [2.45, 2.75) is 31.7 Å². The Labute approximate surface area is 203 Å². The Bertz CT molecular complexity index is 1080. The molecule has 3 rings (SSSR count). The maximum atomic E-state index is 12.7. The lowest BCUT2D eigenvalue weighted by atomic mass is 10.1. The zero-order valence-electron chi connectivity index (χ0n) is 18.0. The van der Waals surface area contributed by atoms with Crippen LogP contribution in [0.4, 0.5) is 5.69 Å². The number of amides is 1. The predicted octanol–water partition coefficient (Wildman–Crippen LogP) is 3.65. The van der Waals surface area contributed by atoms with E-state index in [4.69, 9.17) is 27.9 Å². The van der Waals surface area contributed by atoms with Gasteiger partial charge in [-0.2, -0.15) is 17.4 Å². The number of benzene rings is 2. The minimum absolute atomic E-state index is 0.0876. The summed E-state index contributed by atoms with van der Waals surface area (Å²) in [7, 11) is -2.61. The number of carbonyl (C=O) groups is 2. The molecule has 2 N–H and O–H groups in total. The van der Waals surface area contributed by atoms with Crippen molar-refractivity contribution in [2.24, 2.45) is 0 Å². The molecule has 0 saturated carbocycles. The lowest BCUT2D eigenvalue weighted by Gasteiger charge is -2.28. The smallest absolute Gasteiger partial charge is 0.324 e. The van der Waals surface area contributed by atoms with E-state index in [0.29, 0.717) is 24.3 Å². The van der Waals surface area contributed by atoms with E-state index in [9.17, 15) is 18.0 Å². The number of rotatable bonds is 8. The van der Waals surface area contributed by atoms with Crippen molar-refractivity contribution in [2.75, 3.05) is 25.5 Å². The molecule has 0 spiro atoms. The van der Waals surface area contributed by atoms with Crippen LogP contribution in [0.25, 0.3) is 0 Å². The lowest BCUT2D eigenvalue weighted by Crippen LogP contribution is -2.50. The third-order valence-electron chi connectivity index (χ3n) is 5.27. The van der Waals surface area contributed by atoms with Gasteiger partial charge in [0.25, 0.3) is 16.1 Å². The largest absolute Gasteiger partial charge is 0.468 e. The standard InChI is InChI=1S/C22H25Cl2N3O5S/c1-32-22(29)19(26-33(30,31)27-12-3-2-4-13-27)14-15-8-10-16(11-9-15)25-21(28)20-17(23)6-5-7-18(20)24/h5-11,19,26H,2-4,12-14H2,1H3,(H,25,28)/t19-/m0/s1. The number of ether oxygens (including phenoxy) is 1. The molecule has 1 amide bonds. The highest BCUT2D eigenvalue weighted by atomic mass is 35.5. The third kappa shape index (κ3) is 6.68. The van der Waals surface area contributed by atoms with Crippen molar-refractivity contribution < 1.29 is 22.7 Å². The number of anilines is 1. The Morgan fingerprint density at radius 2 is 1.64 bits per heavy atom. The van der Waals surface area contributed by atoms with Gasteiger partial charge in [-0.15, -0.1) is 0 Å². The SMILES string of the molecule is COC(=O)[C@H](Cc1ccc(NC(=O)c2c(Cl)cccc2Cl)cc1)NS(=O)(=O)N1CCCCC1. The second-order valence-corrected chi connectivity index (χ2v) is 10.1. The van der Waals surface area contributed by atoms with E-state index in [-0.39, 0.29) is 22.0 Å². The first-order chi connectivity index (χ1) is 15.7. The zero-order valence-corrected chi connectivity index (χ0v) is 20.3. The minimum Gasteiger partial charge on any atom is -0.468 e. The summed E-state index contributed by atoms with van der Waals surface area (Å²) < 4.78 is 34.0. The van der Waals surface area contributed by atoms with Crippen molar-refractivity contribution >= 4 is 51.0 Å². The van der Waals surface area contributed by atoms with Crippen LogP contribution in [0, 0.1) is 0 Å². The Kier molecular flexibility index (Phi) is 8.72. The summed E-state index contributed by atoms with van der Waals surface area (Å²) in [5, 5.41) is 3.19. The van der Waals surface area contributed by atoms with Gasteiger partial charge in [0.05, 0.1) is 22.7 Å². The van der Waals surface area contributed by atoms with Crippen LogP contribution in [-0.4, -0.2) is 50.8 Å². The van der Waals surface area contributed by atoms with E-state index in [1.54, 1.807) is 42.5 Å². The Morgan fingerprint density at radius 3 is 2.21 bits per heavy atom. The molecule has 2 aromatic rings. The van der Waals surface area contributed by atoms with E-state index >= 15 is 0 Å². The van der Waals surface area contributed by atoms with Gasteiger partial charge in [0.15, 0.2) is 0 Å². The van der Waals surface area contributed by atoms with E-state index in [1.165, 1.54) is 11.4 Å². The van der Waals surface area contributed by atoms with Gasteiger partial charge in [-0.25, -0.2) is 0 Å². The molecule has 1 atom stereocenters. The van der Waals surface area contributed by atoms with Crippen molar-refractivity contribution in [3.63, 3.8) is 0 Å². The minimum atomic E-state index is -3.82. The maximum absolute atomic E-state index is 12.7. The van der Waals surface area contributed by atoms with Gasteiger partial charge in [0.1, 0.15) is 6.04 Å². The van der Waals surface area contributed by atoms with Gasteiger partial charge in [-0.3, -0.25) is 9.59 Å². The molecule has 0 aliphatic carbocycles. The molecule has 33 heavy (non-hydrogen) atoms. The summed E-state index contributed by atoms with van der Waals surface area (Å²) in [6.45, 7) is 0.847. The average molecular weight is 514 g/mol. The Morgan fingerprint density at radius 1 is 1.03 bits per heavy atom. The van der Waals surface area contributed by atoms with Gasteiger partial charge in [0.2, 0.25) is 0 Å². The zero-order chi connectivity index (χ0) is 24.0. The van der Waals surface area contributed by atoms with Gasteiger partial charge >= 0.3 is 5.97 Å². The molecule has 0 radical (unpaired) electrons. The summed E-state index contributed by atoms with van der Waals surface area (Å²) in [6, 6.07) is 10.4. The number of hydrogen-bond acceptors (Lipinski definition) is 5. The topological polar surface area (TPSA) is 105 Å². The molecule has 0 bridgehead atoms. The summed E-state index contributed by atoms with van der Waals surface area (Å²) in [5.41, 5.74) is 1.34. The summed E-state index contributed by atoms with van der Waals surface area (Å²) in [6.07, 6.45) is 2.65. The van der Waals surface area contributed by atoms with Gasteiger partial charge in [-0.05, 0) is 49.1 Å². The normalized spacial score (nSPS) is 15.6. The molecule has 1 heterocycles. The second-order valence-electron chi connectivity index (χ2n) is 7.61. The molecular weight excluding hydrogens is 489 g/mol. The van der Waals surface area contributed by atoms with E-state index in [2.05, 4.69) is 10.0 Å². The van der Waals surface area contributed by atoms with Crippen LogP contribution in [0.3, 0.4) is 0 Å². The highest BCUT2D eigenvalue weighted by Crippen LogP contribution is 2.25. The van der Waals surface area contributed by atoms with E-state index in [0.717, 1.165) is 19.3 Å². The number of nitrogens with zero attached hydrogens (tertiary/aromatic N) is 1. The quantitative estimate of drug-likeness (QED) is 0.524. The van der Waals surface area contributed by atoms with E-state index in [1.807, 2.05) is 0 Å². The molecular formula is C22H25Cl2N3O5S. The van der Waals surface area contributed by atoms with Gasteiger partial charge < -0.3 is 10.1 Å². The number of carbonyl (C=O) groups excluding carboxylic acids is 2. The monoisotopic (exact) mass is 513 g/mol. The predicted molar refractivity (Wildman–Crippen MR) is 128 cm³/mol. The van der Waals surface area contributed by atoms with Gasteiger partial charge in [-0.1, -0.05) is 47.8 Å².